The van der Waals surface area contributed by atoms with Gasteiger partial charge in [-0.15, -0.1) is 22.9 Å². The summed E-state index contributed by atoms with van der Waals surface area (Å²) in [4.78, 5) is 32.8. The predicted octanol–water partition coefficient (Wildman–Crippen LogP) is 3.87. The summed E-state index contributed by atoms with van der Waals surface area (Å²) in [5, 5.41) is 12.7. The number of amides is 1. The number of benzene rings is 1. The van der Waals surface area contributed by atoms with Crippen LogP contribution in [0.5, 0.6) is 0 Å². The van der Waals surface area contributed by atoms with Crippen molar-refractivity contribution in [3.05, 3.63) is 62.6 Å². The van der Waals surface area contributed by atoms with Crippen molar-refractivity contribution in [3.63, 3.8) is 0 Å². The molecular formula is C25H33ClN6O2S. The first kappa shape index (κ1) is 28.3. The van der Waals surface area contributed by atoms with E-state index in [0.29, 0.717) is 38.4 Å². The highest BCUT2D eigenvalue weighted by Gasteiger charge is 2.27. The maximum absolute atomic E-state index is 13.3. The number of rotatable bonds is 6. The molecule has 1 aliphatic heterocycles. The van der Waals surface area contributed by atoms with E-state index < -0.39 is 0 Å². The molecule has 2 aromatic heterocycles. The van der Waals surface area contributed by atoms with Crippen molar-refractivity contribution in [1.82, 2.24) is 20.5 Å². The Labute approximate surface area is 215 Å². The number of hydrogen-bond acceptors (Lipinski definition) is 7. The van der Waals surface area contributed by atoms with E-state index in [2.05, 4.69) is 27.5 Å². The highest BCUT2D eigenvalue weighted by molar-refractivity contribution is 7.12. The number of carbonyl (C=O) groups is 1. The Hall–Kier alpha value is -2.90. The molecule has 188 valence electrons. The molecule has 1 amide bonds. The number of alkyl halides is 1. The Morgan fingerprint density at radius 1 is 1.11 bits per heavy atom. The number of piperazine rings is 1. The number of pyridine rings is 1. The Kier molecular flexibility index (Phi) is 10.7. The van der Waals surface area contributed by atoms with Gasteiger partial charge in [0.05, 0.1) is 16.1 Å². The Bertz CT molecular complexity index is 1210. The van der Waals surface area contributed by atoms with Crippen LogP contribution >= 0.6 is 22.9 Å². The molecule has 0 unspecified atom stereocenters. The molecule has 1 saturated heterocycles. The average Bonchev–Trinajstić information content (AvgIpc) is 3.41. The first-order valence-electron chi connectivity index (χ1n) is 11.2. The molecule has 35 heavy (non-hydrogen) atoms. The minimum atomic E-state index is -0.239. The molecule has 0 bridgehead atoms. The van der Waals surface area contributed by atoms with Gasteiger partial charge in [-0.05, 0) is 44.6 Å². The molecule has 0 radical (unpaired) electrons. The van der Waals surface area contributed by atoms with E-state index in [1.165, 1.54) is 17.7 Å². The molecule has 4 rings (SSSR count). The van der Waals surface area contributed by atoms with Crippen molar-refractivity contribution < 1.29 is 4.79 Å². The topological polar surface area (TPSA) is 108 Å². The standard InChI is InChI=1S/C24H27N5O2S.CH3Cl.H3N/c1-26(2)10-6-11-29-20-8-4-3-7-18(20)22(19(17-25)23(29)30)27-12-14-28(15-13-27)24(31)21-9-5-16-32-21;1-2;/h3-5,7-9,16H,6,10-15H2,1-2H3;1H3;1H3. The van der Waals surface area contributed by atoms with Crippen LogP contribution in [0, 0.1) is 11.3 Å². The summed E-state index contributed by atoms with van der Waals surface area (Å²) in [6.45, 7) is 3.71. The summed E-state index contributed by atoms with van der Waals surface area (Å²) in [6.07, 6.45) is 2.30. The third-order valence-corrected chi connectivity index (χ3v) is 6.72. The van der Waals surface area contributed by atoms with Crippen LogP contribution in [-0.4, -0.2) is 73.5 Å². The summed E-state index contributed by atoms with van der Waals surface area (Å²) in [5.41, 5.74) is 1.49. The zero-order chi connectivity index (χ0) is 24.7. The van der Waals surface area contributed by atoms with E-state index >= 15 is 0 Å². The molecule has 0 aliphatic carbocycles. The van der Waals surface area contributed by atoms with Gasteiger partial charge >= 0.3 is 0 Å². The SMILES string of the molecule is CCl.CN(C)CCCn1c(=O)c(C#N)c(N2CCN(C(=O)c3cccs3)CC2)c2ccccc21.N. The van der Waals surface area contributed by atoms with E-state index in [9.17, 15) is 14.9 Å². The number of aromatic nitrogens is 1. The van der Waals surface area contributed by atoms with Crippen molar-refractivity contribution in [2.75, 3.05) is 58.1 Å². The maximum atomic E-state index is 13.3. The van der Waals surface area contributed by atoms with Crippen molar-refractivity contribution in [2.24, 2.45) is 0 Å². The average molecular weight is 517 g/mol. The van der Waals surface area contributed by atoms with Gasteiger partial charge in [-0.1, -0.05) is 24.3 Å². The molecule has 3 heterocycles. The van der Waals surface area contributed by atoms with Crippen LogP contribution in [-0.2, 0) is 6.54 Å². The number of aryl methyl sites for hydroxylation is 1. The molecule has 0 atom stereocenters. The van der Waals surface area contributed by atoms with Crippen LogP contribution in [0.4, 0.5) is 5.69 Å². The number of halogens is 1. The minimum absolute atomic E-state index is 0. The van der Waals surface area contributed by atoms with Crippen molar-refractivity contribution in [3.8, 4) is 6.07 Å². The molecule has 1 fully saturated rings. The number of thiophene rings is 1. The van der Waals surface area contributed by atoms with Crippen molar-refractivity contribution in [1.29, 1.82) is 5.26 Å². The highest BCUT2D eigenvalue weighted by Crippen LogP contribution is 2.30. The van der Waals surface area contributed by atoms with Gasteiger partial charge in [-0.25, -0.2) is 0 Å². The van der Waals surface area contributed by atoms with E-state index in [0.717, 1.165) is 28.7 Å². The predicted molar refractivity (Wildman–Crippen MR) is 145 cm³/mol. The fourth-order valence-corrected chi connectivity index (χ4v) is 4.97. The number of anilines is 1. The summed E-state index contributed by atoms with van der Waals surface area (Å²) in [6, 6.07) is 13.7. The largest absolute Gasteiger partial charge is 0.366 e. The quantitative estimate of drug-likeness (QED) is 0.498. The van der Waals surface area contributed by atoms with Crippen LogP contribution in [0.25, 0.3) is 10.9 Å². The highest BCUT2D eigenvalue weighted by atomic mass is 35.5. The molecule has 1 aromatic carbocycles. The molecule has 3 N–H and O–H groups in total. The molecule has 8 nitrogen and oxygen atoms in total. The van der Waals surface area contributed by atoms with Gasteiger partial charge in [0.2, 0.25) is 0 Å². The van der Waals surface area contributed by atoms with Crippen molar-refractivity contribution >= 4 is 45.4 Å². The van der Waals surface area contributed by atoms with Crippen LogP contribution in [0.3, 0.4) is 0 Å². The van der Waals surface area contributed by atoms with Gasteiger partial charge in [0.1, 0.15) is 11.6 Å². The lowest BCUT2D eigenvalue weighted by atomic mass is 10.1. The van der Waals surface area contributed by atoms with Crippen LogP contribution in [0.1, 0.15) is 21.7 Å². The summed E-state index contributed by atoms with van der Waals surface area (Å²) in [5.74, 6) is 0.0429. The number of fused-ring (bicyclic) bond motifs is 1. The van der Waals surface area contributed by atoms with Gasteiger partial charge in [-0.3, -0.25) is 9.59 Å². The smallest absolute Gasteiger partial charge is 0.271 e. The first-order chi connectivity index (χ1) is 16.5. The summed E-state index contributed by atoms with van der Waals surface area (Å²) < 4.78 is 1.73. The summed E-state index contributed by atoms with van der Waals surface area (Å²) >= 11 is 6.09. The van der Waals surface area contributed by atoms with Crippen molar-refractivity contribution in [2.45, 2.75) is 13.0 Å². The number of hydrogen-bond donors (Lipinski definition) is 1. The lowest BCUT2D eigenvalue weighted by Gasteiger charge is -2.37. The van der Waals surface area contributed by atoms with E-state index in [4.69, 9.17) is 0 Å². The van der Waals surface area contributed by atoms with Gasteiger partial charge in [0.15, 0.2) is 0 Å². The van der Waals surface area contributed by atoms with E-state index in [1.54, 1.807) is 4.57 Å². The molecule has 0 spiro atoms. The van der Waals surface area contributed by atoms with Crippen LogP contribution < -0.4 is 16.6 Å². The Morgan fingerprint density at radius 3 is 2.40 bits per heavy atom. The Balaban J connectivity index is 0.00000140. The zero-order valence-electron chi connectivity index (χ0n) is 20.5. The second-order valence-electron chi connectivity index (χ2n) is 8.22. The number of para-hydroxylation sites is 1. The third-order valence-electron chi connectivity index (χ3n) is 5.86. The van der Waals surface area contributed by atoms with E-state index in [-0.39, 0.29) is 23.2 Å². The molecule has 0 saturated carbocycles. The fourth-order valence-electron chi connectivity index (χ4n) is 4.28. The minimum Gasteiger partial charge on any atom is -0.366 e. The second-order valence-corrected chi connectivity index (χ2v) is 9.17. The number of nitrogens with zero attached hydrogens (tertiary/aromatic N) is 5. The molecule has 10 heteroatoms. The fraction of sp³-hybridized carbons (Fsp3) is 0.400. The lowest BCUT2D eigenvalue weighted by molar-refractivity contribution is 0.0751. The summed E-state index contributed by atoms with van der Waals surface area (Å²) in [7, 11) is 4.01. The second kappa shape index (κ2) is 13.3. The molecule has 1 aliphatic rings. The normalized spacial score (nSPS) is 13.1. The van der Waals surface area contributed by atoms with Crippen LogP contribution in [0.15, 0.2) is 46.6 Å². The first-order valence-corrected chi connectivity index (χ1v) is 12.8. The lowest BCUT2D eigenvalue weighted by Crippen LogP contribution is -2.49. The van der Waals surface area contributed by atoms with E-state index in [1.807, 2.05) is 60.8 Å². The monoisotopic (exact) mass is 516 g/mol. The van der Waals surface area contributed by atoms with Gasteiger partial charge < -0.3 is 25.4 Å². The third kappa shape index (κ3) is 6.21. The Morgan fingerprint density at radius 2 is 1.80 bits per heavy atom. The van der Waals surface area contributed by atoms with Crippen LogP contribution in [0.2, 0.25) is 0 Å². The number of nitriles is 1. The molecular weight excluding hydrogens is 484 g/mol. The number of carbonyl (C=O) groups excluding carboxylic acids is 1. The maximum Gasteiger partial charge on any atom is 0.271 e. The molecule has 3 aromatic rings. The van der Waals surface area contributed by atoms with Gasteiger partial charge in [0.25, 0.3) is 11.5 Å². The zero-order valence-corrected chi connectivity index (χ0v) is 22.1. The van der Waals surface area contributed by atoms with Gasteiger partial charge in [0, 0.05) is 44.5 Å². The van der Waals surface area contributed by atoms with Gasteiger partial charge in [-0.2, -0.15) is 5.26 Å².